The molecule has 0 saturated carbocycles. The van der Waals surface area contributed by atoms with Crippen LogP contribution in [0.25, 0.3) is 11.3 Å². The second-order valence-corrected chi connectivity index (χ2v) is 3.81. The summed E-state index contributed by atoms with van der Waals surface area (Å²) in [5, 5.41) is 14.9. The van der Waals surface area contributed by atoms with E-state index in [1.54, 1.807) is 0 Å². The normalized spacial score (nSPS) is 10.5. The SMILES string of the molecule is COc1cc(F)c(-c2[nH]ncc2CC(=O)O)cc1F. The Morgan fingerprint density at radius 3 is 2.79 bits per heavy atom. The second-order valence-electron chi connectivity index (χ2n) is 3.81. The summed E-state index contributed by atoms with van der Waals surface area (Å²) in [6, 6.07) is 1.84. The predicted octanol–water partition coefficient (Wildman–Crippen LogP) is 1.99. The monoisotopic (exact) mass is 268 g/mol. The Morgan fingerprint density at radius 1 is 1.42 bits per heavy atom. The van der Waals surface area contributed by atoms with Gasteiger partial charge in [-0.25, -0.2) is 8.78 Å². The Labute approximate surface area is 106 Å². The fraction of sp³-hybridized carbons (Fsp3) is 0.167. The fourth-order valence-corrected chi connectivity index (χ4v) is 1.72. The standard InChI is InChI=1S/C12H10F2N2O3/c1-19-10-4-8(13)7(3-9(10)14)12-6(2-11(17)18)5-15-16-12/h3-5H,2H2,1H3,(H,15,16)(H,17,18). The van der Waals surface area contributed by atoms with Gasteiger partial charge in [-0.15, -0.1) is 0 Å². The quantitative estimate of drug-likeness (QED) is 0.889. The molecule has 0 bridgehead atoms. The molecule has 7 heteroatoms. The van der Waals surface area contributed by atoms with Crippen LogP contribution in [-0.2, 0) is 11.2 Å². The molecule has 1 heterocycles. The largest absolute Gasteiger partial charge is 0.494 e. The number of halogens is 2. The zero-order chi connectivity index (χ0) is 14.0. The van der Waals surface area contributed by atoms with Crippen LogP contribution in [0.5, 0.6) is 5.75 Å². The first-order valence-electron chi connectivity index (χ1n) is 5.30. The van der Waals surface area contributed by atoms with Gasteiger partial charge in [0.15, 0.2) is 11.6 Å². The van der Waals surface area contributed by atoms with E-state index < -0.39 is 17.6 Å². The van der Waals surface area contributed by atoms with Crippen molar-refractivity contribution in [3.05, 3.63) is 35.5 Å². The molecule has 0 radical (unpaired) electrons. The van der Waals surface area contributed by atoms with E-state index in [1.165, 1.54) is 13.3 Å². The molecule has 1 aromatic heterocycles. The molecule has 0 atom stereocenters. The molecule has 2 aromatic rings. The van der Waals surface area contributed by atoms with Crippen molar-refractivity contribution in [2.24, 2.45) is 0 Å². The van der Waals surface area contributed by atoms with Crippen LogP contribution >= 0.6 is 0 Å². The van der Waals surface area contributed by atoms with Crippen molar-refractivity contribution < 1.29 is 23.4 Å². The molecule has 1 aromatic carbocycles. The van der Waals surface area contributed by atoms with Crippen molar-refractivity contribution in [1.82, 2.24) is 10.2 Å². The highest BCUT2D eigenvalue weighted by molar-refractivity contribution is 5.75. The number of H-pyrrole nitrogens is 1. The molecule has 19 heavy (non-hydrogen) atoms. The van der Waals surface area contributed by atoms with Crippen LogP contribution < -0.4 is 4.74 Å². The van der Waals surface area contributed by atoms with Crippen molar-refractivity contribution in [2.45, 2.75) is 6.42 Å². The van der Waals surface area contributed by atoms with E-state index in [4.69, 9.17) is 5.11 Å². The van der Waals surface area contributed by atoms with E-state index in [0.717, 1.165) is 12.1 Å². The summed E-state index contributed by atoms with van der Waals surface area (Å²) in [5.41, 5.74) is 0.324. The molecule has 0 aliphatic carbocycles. The molecule has 0 aliphatic rings. The second kappa shape index (κ2) is 5.05. The molecule has 0 spiro atoms. The van der Waals surface area contributed by atoms with E-state index in [0.29, 0.717) is 0 Å². The van der Waals surface area contributed by atoms with E-state index >= 15 is 0 Å². The van der Waals surface area contributed by atoms with Gasteiger partial charge in [0.25, 0.3) is 0 Å². The number of carbonyl (C=O) groups is 1. The first-order chi connectivity index (χ1) is 9.02. The molecule has 0 fully saturated rings. The van der Waals surface area contributed by atoms with Gasteiger partial charge in [-0.05, 0) is 6.07 Å². The third-order valence-electron chi connectivity index (χ3n) is 2.57. The topological polar surface area (TPSA) is 75.2 Å². The lowest BCUT2D eigenvalue weighted by molar-refractivity contribution is -0.136. The van der Waals surface area contributed by atoms with Crippen molar-refractivity contribution in [3.8, 4) is 17.0 Å². The molecule has 100 valence electrons. The van der Waals surface area contributed by atoms with Gasteiger partial charge in [0, 0.05) is 17.2 Å². The summed E-state index contributed by atoms with van der Waals surface area (Å²) in [6.45, 7) is 0. The Hall–Kier alpha value is -2.44. The highest BCUT2D eigenvalue weighted by Gasteiger charge is 2.17. The van der Waals surface area contributed by atoms with Crippen LogP contribution in [0.15, 0.2) is 18.3 Å². The number of aliphatic carboxylic acids is 1. The van der Waals surface area contributed by atoms with Crippen LogP contribution in [0.2, 0.25) is 0 Å². The van der Waals surface area contributed by atoms with Gasteiger partial charge in [0.1, 0.15) is 5.82 Å². The van der Waals surface area contributed by atoms with Gasteiger partial charge in [0.2, 0.25) is 0 Å². The predicted molar refractivity (Wildman–Crippen MR) is 61.8 cm³/mol. The van der Waals surface area contributed by atoms with Gasteiger partial charge in [0.05, 0.1) is 25.4 Å². The summed E-state index contributed by atoms with van der Waals surface area (Å²) < 4.78 is 32.1. The van der Waals surface area contributed by atoms with Gasteiger partial charge in [-0.1, -0.05) is 0 Å². The van der Waals surface area contributed by atoms with E-state index in [1.807, 2.05) is 0 Å². The number of carboxylic acids is 1. The number of nitrogens with zero attached hydrogens (tertiary/aromatic N) is 1. The van der Waals surface area contributed by atoms with Crippen LogP contribution in [0.1, 0.15) is 5.56 Å². The minimum absolute atomic E-state index is 0.0907. The molecule has 0 amide bonds. The van der Waals surface area contributed by atoms with Crippen molar-refractivity contribution in [1.29, 1.82) is 0 Å². The van der Waals surface area contributed by atoms with Gasteiger partial charge >= 0.3 is 5.97 Å². The number of ether oxygens (including phenoxy) is 1. The first kappa shape index (κ1) is 13.0. The summed E-state index contributed by atoms with van der Waals surface area (Å²) in [4.78, 5) is 10.7. The Bertz CT molecular complexity index is 625. The maximum Gasteiger partial charge on any atom is 0.307 e. The molecule has 0 saturated heterocycles. The zero-order valence-corrected chi connectivity index (χ0v) is 9.91. The number of rotatable bonds is 4. The summed E-state index contributed by atoms with van der Waals surface area (Å²) in [7, 11) is 1.23. The van der Waals surface area contributed by atoms with Gasteiger partial charge < -0.3 is 9.84 Å². The van der Waals surface area contributed by atoms with E-state index in [2.05, 4.69) is 14.9 Å². The number of aromatic amines is 1. The zero-order valence-electron chi connectivity index (χ0n) is 9.91. The molecule has 2 N–H and O–H groups in total. The lowest BCUT2D eigenvalue weighted by Gasteiger charge is -2.07. The number of hydrogen-bond acceptors (Lipinski definition) is 3. The lowest BCUT2D eigenvalue weighted by Crippen LogP contribution is -2.01. The maximum absolute atomic E-state index is 13.9. The molecule has 0 unspecified atom stereocenters. The minimum atomic E-state index is -1.09. The Balaban J connectivity index is 2.50. The molecule has 0 aliphatic heterocycles. The molecular weight excluding hydrogens is 258 g/mol. The summed E-state index contributed by atoms with van der Waals surface area (Å²) in [5.74, 6) is -2.78. The van der Waals surface area contributed by atoms with Crippen molar-refractivity contribution >= 4 is 5.97 Å². The molecule has 2 rings (SSSR count). The van der Waals surface area contributed by atoms with E-state index in [9.17, 15) is 13.6 Å². The van der Waals surface area contributed by atoms with Crippen molar-refractivity contribution in [2.75, 3.05) is 7.11 Å². The summed E-state index contributed by atoms with van der Waals surface area (Å²) in [6.07, 6.45) is 0.934. The van der Waals surface area contributed by atoms with Gasteiger partial charge in [-0.3, -0.25) is 9.89 Å². The van der Waals surface area contributed by atoms with Crippen LogP contribution in [0.3, 0.4) is 0 Å². The smallest absolute Gasteiger partial charge is 0.307 e. The first-order valence-corrected chi connectivity index (χ1v) is 5.30. The highest BCUT2D eigenvalue weighted by Crippen LogP contribution is 2.29. The summed E-state index contributed by atoms with van der Waals surface area (Å²) >= 11 is 0. The fourth-order valence-electron chi connectivity index (χ4n) is 1.72. The number of nitrogens with one attached hydrogen (secondary N) is 1. The number of benzene rings is 1. The average molecular weight is 268 g/mol. The van der Waals surface area contributed by atoms with Crippen LogP contribution in [-0.4, -0.2) is 28.4 Å². The number of aromatic nitrogens is 2. The number of hydrogen-bond donors (Lipinski definition) is 2. The van der Waals surface area contributed by atoms with E-state index in [-0.39, 0.29) is 29.0 Å². The number of methoxy groups -OCH3 is 1. The average Bonchev–Trinajstić information content (AvgIpc) is 2.78. The Morgan fingerprint density at radius 2 is 2.16 bits per heavy atom. The highest BCUT2D eigenvalue weighted by atomic mass is 19.1. The third kappa shape index (κ3) is 2.54. The molecule has 5 nitrogen and oxygen atoms in total. The minimum Gasteiger partial charge on any atom is -0.494 e. The Kier molecular flexibility index (Phi) is 3.46. The number of carboxylic acid groups (broad SMARTS) is 1. The van der Waals surface area contributed by atoms with Crippen molar-refractivity contribution in [3.63, 3.8) is 0 Å². The lowest BCUT2D eigenvalue weighted by atomic mass is 10.1. The third-order valence-corrected chi connectivity index (χ3v) is 2.57. The van der Waals surface area contributed by atoms with Crippen LogP contribution in [0.4, 0.5) is 8.78 Å². The van der Waals surface area contributed by atoms with Crippen LogP contribution in [0, 0.1) is 11.6 Å². The maximum atomic E-state index is 13.9. The van der Waals surface area contributed by atoms with Gasteiger partial charge in [-0.2, -0.15) is 5.10 Å². The molecular formula is C12H10F2N2O3.